The van der Waals surface area contributed by atoms with Gasteiger partial charge in [0.05, 0.1) is 12.7 Å². The van der Waals surface area contributed by atoms with Gasteiger partial charge in [0.15, 0.2) is 0 Å². The predicted octanol–water partition coefficient (Wildman–Crippen LogP) is 1.19. The molecule has 0 saturated carbocycles. The Morgan fingerprint density at radius 2 is 2.36 bits per heavy atom. The molecule has 3 nitrogen and oxygen atoms in total. The molecule has 0 spiro atoms. The SMILES string of the molecule is C/C=C/[C@@H]1OS(=O)OC[C@H]1C. The quantitative estimate of drug-likeness (QED) is 0.563. The summed E-state index contributed by atoms with van der Waals surface area (Å²) in [4.78, 5) is 0. The fraction of sp³-hybridized carbons (Fsp3) is 0.714. The Labute approximate surface area is 69.3 Å². The third kappa shape index (κ3) is 2.39. The first-order valence-electron chi connectivity index (χ1n) is 3.59. The molecular formula is C7H12O3S. The van der Waals surface area contributed by atoms with Gasteiger partial charge in [0.1, 0.15) is 0 Å². The average molecular weight is 176 g/mol. The average Bonchev–Trinajstić information content (AvgIpc) is 1.98. The lowest BCUT2D eigenvalue weighted by Gasteiger charge is -2.24. The van der Waals surface area contributed by atoms with Gasteiger partial charge in [-0.25, -0.2) is 0 Å². The van der Waals surface area contributed by atoms with Crippen LogP contribution in [0.2, 0.25) is 0 Å². The van der Waals surface area contributed by atoms with Crippen molar-refractivity contribution in [1.82, 2.24) is 0 Å². The number of hydrogen-bond donors (Lipinski definition) is 0. The van der Waals surface area contributed by atoms with Crippen LogP contribution in [0.5, 0.6) is 0 Å². The van der Waals surface area contributed by atoms with Crippen molar-refractivity contribution in [2.75, 3.05) is 6.61 Å². The summed E-state index contributed by atoms with van der Waals surface area (Å²) >= 11 is -1.54. The van der Waals surface area contributed by atoms with Crippen molar-refractivity contribution in [2.45, 2.75) is 20.0 Å². The second-order valence-corrected chi connectivity index (χ2v) is 3.39. The number of rotatable bonds is 1. The van der Waals surface area contributed by atoms with Crippen molar-refractivity contribution in [1.29, 1.82) is 0 Å². The van der Waals surface area contributed by atoms with E-state index in [9.17, 15) is 4.21 Å². The molecule has 1 aliphatic heterocycles. The van der Waals surface area contributed by atoms with Gasteiger partial charge in [0, 0.05) is 5.92 Å². The zero-order valence-corrected chi connectivity index (χ0v) is 7.47. The van der Waals surface area contributed by atoms with Gasteiger partial charge in [-0.1, -0.05) is 19.1 Å². The molecule has 0 N–H and O–H groups in total. The Morgan fingerprint density at radius 3 is 3.00 bits per heavy atom. The van der Waals surface area contributed by atoms with Crippen molar-refractivity contribution in [3.05, 3.63) is 12.2 Å². The highest BCUT2D eigenvalue weighted by Gasteiger charge is 2.24. The van der Waals surface area contributed by atoms with Crippen LogP contribution in [-0.4, -0.2) is 16.9 Å². The van der Waals surface area contributed by atoms with Crippen molar-refractivity contribution in [2.24, 2.45) is 5.92 Å². The Kier molecular flexibility index (Phi) is 3.23. The van der Waals surface area contributed by atoms with E-state index in [0.717, 1.165) is 0 Å². The van der Waals surface area contributed by atoms with Crippen molar-refractivity contribution in [3.63, 3.8) is 0 Å². The molecule has 4 heteroatoms. The molecule has 64 valence electrons. The lowest BCUT2D eigenvalue weighted by atomic mass is 10.1. The fourth-order valence-corrected chi connectivity index (χ4v) is 1.70. The molecule has 0 aliphatic carbocycles. The zero-order valence-electron chi connectivity index (χ0n) is 6.65. The molecule has 1 fully saturated rings. The van der Waals surface area contributed by atoms with Crippen LogP contribution in [0.15, 0.2) is 12.2 Å². The molecule has 11 heavy (non-hydrogen) atoms. The standard InChI is InChI=1S/C7H12O3S/c1-3-4-7-6(2)5-9-11(8)10-7/h3-4,6-7H,5H2,1-2H3/b4-3+/t6-,7+,11?/m1/s1. The van der Waals surface area contributed by atoms with Crippen LogP contribution >= 0.6 is 0 Å². The van der Waals surface area contributed by atoms with E-state index in [1.165, 1.54) is 0 Å². The second-order valence-electron chi connectivity index (χ2n) is 2.55. The van der Waals surface area contributed by atoms with E-state index in [0.29, 0.717) is 6.61 Å². The highest BCUT2D eigenvalue weighted by Crippen LogP contribution is 2.17. The minimum Gasteiger partial charge on any atom is -0.268 e. The first-order chi connectivity index (χ1) is 5.24. The summed E-state index contributed by atoms with van der Waals surface area (Å²) in [5, 5.41) is 0. The molecule has 0 aromatic rings. The van der Waals surface area contributed by atoms with E-state index in [1.807, 2.05) is 26.0 Å². The Morgan fingerprint density at radius 1 is 1.64 bits per heavy atom. The zero-order chi connectivity index (χ0) is 8.27. The van der Waals surface area contributed by atoms with E-state index in [-0.39, 0.29) is 12.0 Å². The molecule has 1 unspecified atom stereocenters. The normalized spacial score (nSPS) is 39.6. The third-order valence-corrected chi connectivity index (χ3v) is 2.27. The predicted molar refractivity (Wildman–Crippen MR) is 42.9 cm³/mol. The van der Waals surface area contributed by atoms with Gasteiger partial charge in [0.2, 0.25) is 0 Å². The van der Waals surface area contributed by atoms with Crippen molar-refractivity contribution in [3.8, 4) is 0 Å². The first-order valence-corrected chi connectivity index (χ1v) is 4.59. The summed E-state index contributed by atoms with van der Waals surface area (Å²) in [7, 11) is 0. The highest BCUT2D eigenvalue weighted by atomic mass is 32.2. The van der Waals surface area contributed by atoms with Crippen LogP contribution in [0.25, 0.3) is 0 Å². The van der Waals surface area contributed by atoms with Gasteiger partial charge in [0.25, 0.3) is 0 Å². The summed E-state index contributed by atoms with van der Waals surface area (Å²) < 4.78 is 20.5. The Balaban J connectivity index is 2.53. The van der Waals surface area contributed by atoms with Crippen LogP contribution < -0.4 is 0 Å². The van der Waals surface area contributed by atoms with Crippen LogP contribution in [0.1, 0.15) is 13.8 Å². The van der Waals surface area contributed by atoms with Crippen molar-refractivity contribution < 1.29 is 12.6 Å². The minimum absolute atomic E-state index is 0.0606. The van der Waals surface area contributed by atoms with Crippen LogP contribution in [-0.2, 0) is 19.7 Å². The van der Waals surface area contributed by atoms with Crippen molar-refractivity contribution >= 4 is 11.4 Å². The Bertz CT molecular complexity index is 179. The van der Waals surface area contributed by atoms with Crippen LogP contribution in [0.3, 0.4) is 0 Å². The van der Waals surface area contributed by atoms with E-state index in [2.05, 4.69) is 0 Å². The maximum atomic E-state index is 10.7. The van der Waals surface area contributed by atoms with Gasteiger partial charge in [-0.2, -0.15) is 4.21 Å². The monoisotopic (exact) mass is 176 g/mol. The summed E-state index contributed by atoms with van der Waals surface area (Å²) in [6.45, 7) is 4.41. The number of hydrogen-bond acceptors (Lipinski definition) is 3. The van der Waals surface area contributed by atoms with Gasteiger partial charge in [-0.3, -0.25) is 8.37 Å². The lowest BCUT2D eigenvalue weighted by Crippen LogP contribution is -2.31. The summed E-state index contributed by atoms with van der Waals surface area (Å²) in [5.41, 5.74) is 0. The molecule has 1 saturated heterocycles. The molecular weight excluding hydrogens is 164 g/mol. The smallest absolute Gasteiger partial charge is 0.268 e. The van der Waals surface area contributed by atoms with E-state index >= 15 is 0 Å². The molecule has 1 heterocycles. The maximum absolute atomic E-state index is 10.7. The van der Waals surface area contributed by atoms with Gasteiger partial charge in [-0.05, 0) is 6.92 Å². The van der Waals surface area contributed by atoms with Crippen LogP contribution in [0, 0.1) is 5.92 Å². The molecule has 0 aromatic heterocycles. The molecule has 0 aromatic carbocycles. The highest BCUT2D eigenvalue weighted by molar-refractivity contribution is 7.75. The third-order valence-electron chi connectivity index (χ3n) is 1.56. The Hall–Kier alpha value is -0.190. The molecule has 0 amide bonds. The molecule has 0 bridgehead atoms. The summed E-state index contributed by atoms with van der Waals surface area (Å²) in [6.07, 6.45) is 3.73. The minimum atomic E-state index is -1.54. The molecule has 1 rings (SSSR count). The maximum Gasteiger partial charge on any atom is 0.305 e. The van der Waals surface area contributed by atoms with Gasteiger partial charge < -0.3 is 0 Å². The van der Waals surface area contributed by atoms with Gasteiger partial charge in [-0.15, -0.1) is 0 Å². The second kappa shape index (κ2) is 3.99. The largest absolute Gasteiger partial charge is 0.305 e. The summed E-state index contributed by atoms with van der Waals surface area (Å²) in [6, 6.07) is 0. The topological polar surface area (TPSA) is 35.5 Å². The van der Waals surface area contributed by atoms with Gasteiger partial charge >= 0.3 is 11.4 Å². The van der Waals surface area contributed by atoms with E-state index in [1.54, 1.807) is 0 Å². The molecule has 0 radical (unpaired) electrons. The molecule has 1 aliphatic rings. The van der Waals surface area contributed by atoms with E-state index in [4.69, 9.17) is 8.37 Å². The number of allylic oxidation sites excluding steroid dienone is 1. The fourth-order valence-electron chi connectivity index (χ4n) is 0.882. The lowest BCUT2D eigenvalue weighted by molar-refractivity contribution is 0.0895. The molecule has 3 atom stereocenters. The van der Waals surface area contributed by atoms with Crippen LogP contribution in [0.4, 0.5) is 0 Å². The first kappa shape index (κ1) is 8.90. The van der Waals surface area contributed by atoms with E-state index < -0.39 is 11.4 Å². The summed E-state index contributed by atoms with van der Waals surface area (Å²) in [5.74, 6) is 0.281.